The highest BCUT2D eigenvalue weighted by Gasteiger charge is 2.58. The van der Waals surface area contributed by atoms with E-state index in [0.29, 0.717) is 0 Å². The summed E-state index contributed by atoms with van der Waals surface area (Å²) in [5, 5.41) is 1.98. The molecule has 0 amide bonds. The molecule has 0 fully saturated rings. The lowest BCUT2D eigenvalue weighted by molar-refractivity contribution is -0.290. The van der Waals surface area contributed by atoms with Gasteiger partial charge in [-0.3, -0.25) is 4.98 Å². The predicted octanol–water partition coefficient (Wildman–Crippen LogP) is 4.49. The van der Waals surface area contributed by atoms with Gasteiger partial charge in [0.25, 0.3) is 0 Å². The minimum Gasteiger partial charge on any atom is -0.485 e. The van der Waals surface area contributed by atoms with Crippen molar-refractivity contribution in [3.63, 3.8) is 0 Å². The van der Waals surface area contributed by atoms with E-state index in [2.05, 4.69) is 14.7 Å². The van der Waals surface area contributed by atoms with E-state index in [0.717, 1.165) is 30.5 Å². The van der Waals surface area contributed by atoms with Crippen LogP contribution in [0.2, 0.25) is 0 Å². The van der Waals surface area contributed by atoms with Gasteiger partial charge in [-0.25, -0.2) is 13.4 Å². The number of nitrogens with zero attached hydrogens (tertiary/aromatic N) is 2. The Bertz CT molecular complexity index is 1040. The molecule has 32 heavy (non-hydrogen) atoms. The summed E-state index contributed by atoms with van der Waals surface area (Å²) in [6, 6.07) is 4.00. The van der Waals surface area contributed by atoms with Crippen LogP contribution >= 0.6 is 0 Å². The van der Waals surface area contributed by atoms with E-state index in [1.807, 2.05) is 5.32 Å². The molecule has 2 aromatic rings. The summed E-state index contributed by atoms with van der Waals surface area (Å²) in [6.45, 7) is -2.14. The van der Waals surface area contributed by atoms with Crippen molar-refractivity contribution in [3.05, 3.63) is 30.5 Å². The molecular formula is C17H15F8N3O3S. The SMILES string of the molecule is CCS(=O)(=O)c1ccc(NCC(F)(F)F)nc1-c1ccc(OCC(F)(F)C(F)(F)F)cn1. The largest absolute Gasteiger partial charge is 0.485 e. The molecule has 6 nitrogen and oxygen atoms in total. The zero-order valence-corrected chi connectivity index (χ0v) is 16.9. The second kappa shape index (κ2) is 9.03. The van der Waals surface area contributed by atoms with E-state index in [-0.39, 0.29) is 27.9 Å². The molecular weight excluding hydrogens is 478 g/mol. The summed E-state index contributed by atoms with van der Waals surface area (Å²) in [6.07, 6.45) is -9.65. The van der Waals surface area contributed by atoms with Gasteiger partial charge in [-0.1, -0.05) is 6.92 Å². The molecule has 0 aliphatic carbocycles. The van der Waals surface area contributed by atoms with E-state index in [4.69, 9.17) is 0 Å². The van der Waals surface area contributed by atoms with Gasteiger partial charge in [0.2, 0.25) is 0 Å². The summed E-state index contributed by atoms with van der Waals surface area (Å²) < 4.78 is 129. The number of aromatic nitrogens is 2. The van der Waals surface area contributed by atoms with E-state index < -0.39 is 47.0 Å². The summed E-state index contributed by atoms with van der Waals surface area (Å²) in [4.78, 5) is 7.23. The Labute approximate surface area is 176 Å². The molecule has 0 bridgehead atoms. The van der Waals surface area contributed by atoms with Gasteiger partial charge >= 0.3 is 18.3 Å². The lowest BCUT2D eigenvalue weighted by Gasteiger charge is -2.19. The minimum atomic E-state index is -5.82. The summed E-state index contributed by atoms with van der Waals surface area (Å²) in [5.74, 6) is -6.29. The van der Waals surface area contributed by atoms with Gasteiger partial charge in [0.1, 0.15) is 23.8 Å². The standard InChI is InChI=1S/C17H15F8N3O3S/c1-2-32(29,30)12-5-6-13(27-8-16(20,21)22)28-14(12)11-4-3-10(7-26-11)31-9-15(18,19)17(23,24)25/h3-7H,2,8-9H2,1H3,(H,27,28). The zero-order chi connectivity index (χ0) is 24.4. The maximum atomic E-state index is 13.0. The summed E-state index contributed by atoms with van der Waals surface area (Å²) in [5.41, 5.74) is -0.534. The smallest absolute Gasteiger partial charge is 0.456 e. The molecule has 0 spiro atoms. The molecule has 15 heteroatoms. The molecule has 0 radical (unpaired) electrons. The molecule has 0 saturated heterocycles. The Morgan fingerprint density at radius 1 is 1.00 bits per heavy atom. The first kappa shape index (κ1) is 25.5. The van der Waals surface area contributed by atoms with Crippen LogP contribution in [0.3, 0.4) is 0 Å². The second-order valence-electron chi connectivity index (χ2n) is 6.29. The normalized spacial score (nSPS) is 13.2. The van der Waals surface area contributed by atoms with Crippen molar-refractivity contribution in [2.45, 2.75) is 30.1 Å². The fourth-order valence-corrected chi connectivity index (χ4v) is 3.22. The van der Waals surface area contributed by atoms with Gasteiger partial charge < -0.3 is 10.1 Å². The molecule has 0 atom stereocenters. The van der Waals surface area contributed by atoms with Crippen LogP contribution in [-0.4, -0.2) is 55.6 Å². The third-order valence-corrected chi connectivity index (χ3v) is 5.62. The van der Waals surface area contributed by atoms with Crippen molar-refractivity contribution in [2.24, 2.45) is 0 Å². The highest BCUT2D eigenvalue weighted by atomic mass is 32.2. The third-order valence-electron chi connectivity index (χ3n) is 3.86. The topological polar surface area (TPSA) is 81.2 Å². The average Bonchev–Trinajstić information content (AvgIpc) is 2.69. The predicted molar refractivity (Wildman–Crippen MR) is 96.2 cm³/mol. The van der Waals surface area contributed by atoms with Crippen molar-refractivity contribution in [2.75, 3.05) is 24.2 Å². The number of hydrogen-bond donors (Lipinski definition) is 1. The molecule has 0 aromatic carbocycles. The van der Waals surface area contributed by atoms with Gasteiger partial charge in [0, 0.05) is 0 Å². The molecule has 0 aliphatic heterocycles. The molecule has 2 aromatic heterocycles. The number of halogens is 8. The van der Waals surface area contributed by atoms with Crippen molar-refractivity contribution < 1.29 is 48.3 Å². The maximum Gasteiger partial charge on any atom is 0.456 e. The summed E-state index contributed by atoms with van der Waals surface area (Å²) in [7, 11) is -3.90. The first-order valence-electron chi connectivity index (χ1n) is 8.64. The Morgan fingerprint density at radius 2 is 1.66 bits per heavy atom. The highest BCUT2D eigenvalue weighted by molar-refractivity contribution is 7.91. The van der Waals surface area contributed by atoms with E-state index in [9.17, 15) is 43.5 Å². The number of sulfone groups is 1. The fraction of sp³-hybridized carbons (Fsp3) is 0.412. The first-order chi connectivity index (χ1) is 14.6. The molecule has 178 valence electrons. The highest BCUT2D eigenvalue weighted by Crippen LogP contribution is 2.36. The van der Waals surface area contributed by atoms with Crippen molar-refractivity contribution in [1.29, 1.82) is 0 Å². The average molecular weight is 493 g/mol. The molecule has 1 N–H and O–H groups in total. The maximum absolute atomic E-state index is 13.0. The van der Waals surface area contributed by atoms with Gasteiger partial charge in [0.05, 0.1) is 22.5 Å². The molecule has 2 heterocycles. The number of nitrogens with one attached hydrogen (secondary N) is 1. The second-order valence-corrected chi connectivity index (χ2v) is 8.53. The zero-order valence-electron chi connectivity index (χ0n) is 16.1. The van der Waals surface area contributed by atoms with Crippen molar-refractivity contribution >= 4 is 15.7 Å². The van der Waals surface area contributed by atoms with Gasteiger partial charge in [0.15, 0.2) is 16.4 Å². The first-order valence-corrected chi connectivity index (χ1v) is 10.3. The fourth-order valence-electron chi connectivity index (χ4n) is 2.19. The Morgan fingerprint density at radius 3 is 2.16 bits per heavy atom. The van der Waals surface area contributed by atoms with E-state index in [1.54, 1.807) is 0 Å². The number of anilines is 1. The minimum absolute atomic E-state index is 0.192. The van der Waals surface area contributed by atoms with Crippen LogP contribution in [0.1, 0.15) is 6.92 Å². The van der Waals surface area contributed by atoms with Crippen LogP contribution in [0, 0.1) is 0 Å². The lowest BCUT2D eigenvalue weighted by Crippen LogP contribution is -2.41. The number of pyridine rings is 2. The lowest BCUT2D eigenvalue weighted by atomic mass is 10.2. The molecule has 0 unspecified atom stereocenters. The van der Waals surface area contributed by atoms with Crippen LogP contribution in [0.4, 0.5) is 40.9 Å². The quantitative estimate of drug-likeness (QED) is 0.546. The number of hydrogen-bond acceptors (Lipinski definition) is 6. The Balaban J connectivity index is 2.35. The molecule has 0 aliphatic rings. The van der Waals surface area contributed by atoms with Crippen LogP contribution in [0.5, 0.6) is 5.75 Å². The monoisotopic (exact) mass is 493 g/mol. The number of rotatable bonds is 8. The van der Waals surface area contributed by atoms with Crippen LogP contribution in [0.15, 0.2) is 35.4 Å². The Kier molecular flexibility index (Phi) is 7.21. The van der Waals surface area contributed by atoms with Gasteiger partial charge in [-0.15, -0.1) is 0 Å². The van der Waals surface area contributed by atoms with Crippen LogP contribution in [-0.2, 0) is 9.84 Å². The van der Waals surface area contributed by atoms with Gasteiger partial charge in [-0.05, 0) is 24.3 Å². The molecule has 2 rings (SSSR count). The van der Waals surface area contributed by atoms with E-state index in [1.165, 1.54) is 6.92 Å². The summed E-state index contributed by atoms with van der Waals surface area (Å²) >= 11 is 0. The number of alkyl halides is 8. The van der Waals surface area contributed by atoms with Gasteiger partial charge in [-0.2, -0.15) is 35.1 Å². The van der Waals surface area contributed by atoms with Crippen LogP contribution in [0.25, 0.3) is 11.4 Å². The third kappa shape index (κ3) is 6.40. The van der Waals surface area contributed by atoms with Crippen molar-refractivity contribution in [3.8, 4) is 17.1 Å². The van der Waals surface area contributed by atoms with Crippen LogP contribution < -0.4 is 10.1 Å². The number of ether oxygens (including phenoxy) is 1. The molecule has 0 saturated carbocycles. The van der Waals surface area contributed by atoms with E-state index >= 15 is 0 Å². The van der Waals surface area contributed by atoms with Crippen molar-refractivity contribution in [1.82, 2.24) is 9.97 Å². The Hall–Kier alpha value is -2.71.